The largest absolute Gasteiger partial charge is 0.493 e. The number of nitrogens with zero attached hydrogens (tertiary/aromatic N) is 2. The highest BCUT2D eigenvalue weighted by molar-refractivity contribution is 7.18. The fraction of sp³-hybridized carbons (Fsp3) is 0.105. The molecule has 0 aliphatic carbocycles. The van der Waals surface area contributed by atoms with E-state index in [1.54, 1.807) is 44.6 Å². The number of rotatable bonds is 6. The molecule has 0 fully saturated rings. The topological polar surface area (TPSA) is 73.3 Å². The van der Waals surface area contributed by atoms with Gasteiger partial charge in [-0.2, -0.15) is 0 Å². The van der Waals surface area contributed by atoms with Crippen molar-refractivity contribution in [3.05, 3.63) is 59.9 Å². The molecular weight excluding hydrogens is 369 g/mol. The van der Waals surface area contributed by atoms with Crippen LogP contribution in [0.2, 0.25) is 0 Å². The number of hydrogen-bond donors (Lipinski definition) is 1. The third-order valence-corrected chi connectivity index (χ3v) is 4.47. The lowest BCUT2D eigenvalue weighted by Gasteiger charge is -2.07. The Balaban J connectivity index is 1.66. The summed E-state index contributed by atoms with van der Waals surface area (Å²) in [6.07, 6.45) is 3.04. The maximum atomic E-state index is 13.0. The molecule has 0 spiro atoms. The summed E-state index contributed by atoms with van der Waals surface area (Å²) in [5, 5.41) is 11.5. The number of carbonyl (C=O) groups excluding carboxylic acids is 1. The molecule has 138 valence electrons. The smallest absolute Gasteiger partial charge is 0.250 e. The van der Waals surface area contributed by atoms with Crippen LogP contribution < -0.4 is 14.8 Å². The standard InChI is InChI=1S/C19H16FN3O3S/c1-25-15-9-3-12(11-16(15)26-2)4-10-17(24)21-19-23-22-18(27-19)13-5-7-14(20)8-6-13/h3-11H,1-2H3,(H,21,23,24). The number of benzene rings is 2. The van der Waals surface area contributed by atoms with Crippen molar-refractivity contribution >= 4 is 28.5 Å². The van der Waals surface area contributed by atoms with Gasteiger partial charge in [0, 0.05) is 11.6 Å². The van der Waals surface area contributed by atoms with Gasteiger partial charge in [0.25, 0.3) is 0 Å². The van der Waals surface area contributed by atoms with Gasteiger partial charge in [0.2, 0.25) is 11.0 Å². The van der Waals surface area contributed by atoms with Crippen LogP contribution in [-0.4, -0.2) is 30.3 Å². The van der Waals surface area contributed by atoms with Crippen LogP contribution in [0.15, 0.2) is 48.5 Å². The van der Waals surface area contributed by atoms with Gasteiger partial charge in [-0.25, -0.2) is 4.39 Å². The Morgan fingerprint density at radius 2 is 1.81 bits per heavy atom. The van der Waals surface area contributed by atoms with Crippen molar-refractivity contribution in [1.82, 2.24) is 10.2 Å². The second kappa shape index (κ2) is 8.41. The van der Waals surface area contributed by atoms with Crippen LogP contribution in [-0.2, 0) is 4.79 Å². The molecule has 1 amide bonds. The molecule has 3 aromatic rings. The van der Waals surface area contributed by atoms with Crippen molar-refractivity contribution < 1.29 is 18.7 Å². The highest BCUT2D eigenvalue weighted by Crippen LogP contribution is 2.28. The number of ether oxygens (including phenoxy) is 2. The Morgan fingerprint density at radius 1 is 1.07 bits per heavy atom. The minimum absolute atomic E-state index is 0.322. The van der Waals surface area contributed by atoms with Crippen molar-refractivity contribution in [2.75, 3.05) is 19.5 Å². The number of halogens is 1. The van der Waals surface area contributed by atoms with Crippen molar-refractivity contribution in [2.45, 2.75) is 0 Å². The number of anilines is 1. The first-order valence-electron chi connectivity index (χ1n) is 7.89. The number of hydrogen-bond acceptors (Lipinski definition) is 6. The monoisotopic (exact) mass is 385 g/mol. The number of amides is 1. The van der Waals surface area contributed by atoms with Crippen LogP contribution in [0.4, 0.5) is 9.52 Å². The van der Waals surface area contributed by atoms with Gasteiger partial charge in [0.05, 0.1) is 14.2 Å². The van der Waals surface area contributed by atoms with Gasteiger partial charge in [0.15, 0.2) is 11.5 Å². The maximum absolute atomic E-state index is 13.0. The molecule has 0 aliphatic heterocycles. The number of aromatic nitrogens is 2. The highest BCUT2D eigenvalue weighted by atomic mass is 32.1. The van der Waals surface area contributed by atoms with Crippen molar-refractivity contribution in [3.8, 4) is 22.1 Å². The van der Waals surface area contributed by atoms with Crippen LogP contribution >= 0.6 is 11.3 Å². The molecule has 0 saturated heterocycles. The van der Waals surface area contributed by atoms with E-state index in [-0.39, 0.29) is 11.7 Å². The van der Waals surface area contributed by atoms with E-state index in [9.17, 15) is 9.18 Å². The summed E-state index contributed by atoms with van der Waals surface area (Å²) in [5.74, 6) is 0.526. The van der Waals surface area contributed by atoms with E-state index >= 15 is 0 Å². The van der Waals surface area contributed by atoms with Gasteiger partial charge in [-0.05, 0) is 48.0 Å². The molecule has 2 aromatic carbocycles. The van der Waals surface area contributed by atoms with Crippen LogP contribution in [0, 0.1) is 5.82 Å². The quantitative estimate of drug-likeness (QED) is 0.649. The summed E-state index contributed by atoms with van der Waals surface area (Å²) in [7, 11) is 3.11. The first-order chi connectivity index (χ1) is 13.1. The van der Waals surface area contributed by atoms with Crippen LogP contribution in [0.5, 0.6) is 11.5 Å². The van der Waals surface area contributed by atoms with Gasteiger partial charge >= 0.3 is 0 Å². The molecule has 0 atom stereocenters. The molecule has 0 saturated carbocycles. The van der Waals surface area contributed by atoms with Gasteiger partial charge in [0.1, 0.15) is 10.8 Å². The third kappa shape index (κ3) is 4.68. The molecular formula is C19H16FN3O3S. The lowest BCUT2D eigenvalue weighted by molar-refractivity contribution is -0.111. The Morgan fingerprint density at radius 3 is 2.52 bits per heavy atom. The number of methoxy groups -OCH3 is 2. The predicted molar refractivity (Wildman–Crippen MR) is 103 cm³/mol. The van der Waals surface area contributed by atoms with Crippen LogP contribution in [0.3, 0.4) is 0 Å². The Hall–Kier alpha value is -3.26. The van der Waals surface area contributed by atoms with Crippen LogP contribution in [0.1, 0.15) is 5.56 Å². The zero-order valence-electron chi connectivity index (χ0n) is 14.6. The minimum atomic E-state index is -0.341. The lowest BCUT2D eigenvalue weighted by Crippen LogP contribution is -2.07. The average Bonchev–Trinajstić information content (AvgIpc) is 3.15. The summed E-state index contributed by atoms with van der Waals surface area (Å²) >= 11 is 1.21. The summed E-state index contributed by atoms with van der Waals surface area (Å²) in [6.45, 7) is 0. The number of carbonyl (C=O) groups is 1. The zero-order valence-corrected chi connectivity index (χ0v) is 15.4. The molecule has 1 heterocycles. The second-order valence-electron chi connectivity index (χ2n) is 5.36. The summed E-state index contributed by atoms with van der Waals surface area (Å²) in [6, 6.07) is 11.2. The molecule has 8 heteroatoms. The third-order valence-electron chi connectivity index (χ3n) is 3.58. The fourth-order valence-corrected chi connectivity index (χ4v) is 3.01. The predicted octanol–water partition coefficient (Wildman–Crippen LogP) is 4.01. The van der Waals surface area contributed by atoms with E-state index in [1.807, 2.05) is 6.07 Å². The first-order valence-corrected chi connectivity index (χ1v) is 8.71. The molecule has 6 nitrogen and oxygen atoms in total. The second-order valence-corrected chi connectivity index (χ2v) is 6.33. The molecule has 0 unspecified atom stereocenters. The molecule has 3 rings (SSSR count). The van der Waals surface area contributed by atoms with E-state index in [0.717, 1.165) is 11.1 Å². The summed E-state index contributed by atoms with van der Waals surface area (Å²) in [4.78, 5) is 12.1. The molecule has 0 aliphatic rings. The Labute approximate surface area is 159 Å². The normalized spacial score (nSPS) is 10.8. The Bertz CT molecular complexity index is 971. The van der Waals surface area contributed by atoms with E-state index < -0.39 is 0 Å². The van der Waals surface area contributed by atoms with Gasteiger partial charge in [-0.1, -0.05) is 17.4 Å². The fourth-order valence-electron chi connectivity index (χ4n) is 2.26. The van der Waals surface area contributed by atoms with E-state index in [4.69, 9.17) is 9.47 Å². The highest BCUT2D eigenvalue weighted by Gasteiger charge is 2.09. The molecule has 1 N–H and O–H groups in total. The lowest BCUT2D eigenvalue weighted by atomic mass is 10.2. The first kappa shape index (κ1) is 18.5. The molecule has 0 bridgehead atoms. The van der Waals surface area contributed by atoms with Gasteiger partial charge in [-0.3, -0.25) is 10.1 Å². The minimum Gasteiger partial charge on any atom is -0.493 e. The number of nitrogens with one attached hydrogen (secondary N) is 1. The zero-order chi connectivity index (χ0) is 19.2. The van der Waals surface area contributed by atoms with Crippen molar-refractivity contribution in [1.29, 1.82) is 0 Å². The SMILES string of the molecule is COc1ccc(C=CC(=O)Nc2nnc(-c3ccc(F)cc3)s2)cc1OC. The Kier molecular flexibility index (Phi) is 5.77. The van der Waals surface area contributed by atoms with Crippen molar-refractivity contribution in [3.63, 3.8) is 0 Å². The van der Waals surface area contributed by atoms with Crippen molar-refractivity contribution in [2.24, 2.45) is 0 Å². The van der Waals surface area contributed by atoms with Crippen LogP contribution in [0.25, 0.3) is 16.6 Å². The maximum Gasteiger partial charge on any atom is 0.250 e. The average molecular weight is 385 g/mol. The van der Waals surface area contributed by atoms with Gasteiger partial charge in [-0.15, -0.1) is 10.2 Å². The summed E-state index contributed by atoms with van der Waals surface area (Å²) in [5.41, 5.74) is 1.52. The molecule has 27 heavy (non-hydrogen) atoms. The molecule has 1 aromatic heterocycles. The van der Waals surface area contributed by atoms with E-state index in [0.29, 0.717) is 21.6 Å². The van der Waals surface area contributed by atoms with E-state index in [2.05, 4.69) is 15.5 Å². The van der Waals surface area contributed by atoms with Gasteiger partial charge < -0.3 is 9.47 Å². The summed E-state index contributed by atoms with van der Waals surface area (Å²) < 4.78 is 23.4. The van der Waals surface area contributed by atoms with E-state index in [1.165, 1.54) is 29.5 Å². The molecule has 0 radical (unpaired) electrons.